The Morgan fingerprint density at radius 1 is 1.10 bits per heavy atom. The minimum atomic E-state index is -4.32. The zero-order valence-corrected chi connectivity index (χ0v) is 11.9. The van der Waals surface area contributed by atoms with Crippen LogP contribution >= 0.6 is 0 Å². The maximum Gasteiger partial charge on any atom is 0.417 e. The molecular formula is C15H20F3N3. The van der Waals surface area contributed by atoms with Crippen molar-refractivity contribution in [3.8, 4) is 0 Å². The van der Waals surface area contributed by atoms with E-state index in [0.717, 1.165) is 38.2 Å². The van der Waals surface area contributed by atoms with E-state index in [1.54, 1.807) is 0 Å². The van der Waals surface area contributed by atoms with Crippen LogP contribution in [0.5, 0.6) is 0 Å². The molecule has 1 saturated heterocycles. The molecule has 2 aliphatic rings. The molecule has 3 nitrogen and oxygen atoms in total. The number of alkyl halides is 3. The third-order valence-electron chi connectivity index (χ3n) is 4.40. The van der Waals surface area contributed by atoms with Crippen LogP contribution in [0, 0.1) is 0 Å². The van der Waals surface area contributed by atoms with Gasteiger partial charge in [-0.1, -0.05) is 6.42 Å². The average Bonchev–Trinajstić information content (AvgIpc) is 2.43. The van der Waals surface area contributed by atoms with Gasteiger partial charge in [-0.15, -0.1) is 0 Å². The number of piperidine rings is 1. The number of pyridine rings is 1. The molecule has 3 rings (SSSR count). The standard InChI is InChI=1S/C15H20F3N3/c16-15(17,18)11-6-7-14(19-9-11)21-8-2-5-13(10-21)20-12-3-1-4-12/h6-7,9,12-13,20H,1-5,8,10H2/t13-/m0/s1. The summed E-state index contributed by atoms with van der Waals surface area (Å²) in [5.41, 5.74) is -0.688. The van der Waals surface area contributed by atoms with Crippen LogP contribution in [0.1, 0.15) is 37.7 Å². The normalized spacial score (nSPS) is 24.0. The van der Waals surface area contributed by atoms with Crippen LogP contribution in [0.3, 0.4) is 0 Å². The van der Waals surface area contributed by atoms with Crippen LogP contribution in [0.15, 0.2) is 18.3 Å². The SMILES string of the molecule is FC(F)(F)c1ccc(N2CCC[C@H](NC3CCC3)C2)nc1. The summed E-state index contributed by atoms with van der Waals surface area (Å²) in [5, 5.41) is 3.64. The summed E-state index contributed by atoms with van der Waals surface area (Å²) >= 11 is 0. The van der Waals surface area contributed by atoms with Crippen molar-refractivity contribution < 1.29 is 13.2 Å². The Morgan fingerprint density at radius 2 is 1.86 bits per heavy atom. The van der Waals surface area contributed by atoms with Crippen molar-refractivity contribution in [2.75, 3.05) is 18.0 Å². The largest absolute Gasteiger partial charge is 0.417 e. The molecule has 0 aromatic carbocycles. The summed E-state index contributed by atoms with van der Waals surface area (Å²) in [6.45, 7) is 1.69. The quantitative estimate of drug-likeness (QED) is 0.929. The number of aromatic nitrogens is 1. The highest BCUT2D eigenvalue weighted by atomic mass is 19.4. The van der Waals surface area contributed by atoms with Gasteiger partial charge in [0.05, 0.1) is 5.56 Å². The fraction of sp³-hybridized carbons (Fsp3) is 0.667. The van der Waals surface area contributed by atoms with Gasteiger partial charge in [-0.2, -0.15) is 13.2 Å². The van der Waals surface area contributed by atoms with Gasteiger partial charge in [0.15, 0.2) is 0 Å². The molecule has 1 atom stereocenters. The van der Waals surface area contributed by atoms with E-state index >= 15 is 0 Å². The number of hydrogen-bond acceptors (Lipinski definition) is 3. The van der Waals surface area contributed by atoms with Crippen molar-refractivity contribution in [3.05, 3.63) is 23.9 Å². The molecule has 0 spiro atoms. The summed E-state index contributed by atoms with van der Waals surface area (Å²) in [4.78, 5) is 6.08. The van der Waals surface area contributed by atoms with Crippen molar-refractivity contribution in [3.63, 3.8) is 0 Å². The summed E-state index contributed by atoms with van der Waals surface area (Å²) in [6.07, 6.45) is 2.58. The number of nitrogens with zero attached hydrogens (tertiary/aromatic N) is 2. The molecule has 2 fully saturated rings. The van der Waals surface area contributed by atoms with Crippen molar-refractivity contribution >= 4 is 5.82 Å². The van der Waals surface area contributed by atoms with E-state index in [4.69, 9.17) is 0 Å². The number of nitrogens with one attached hydrogen (secondary N) is 1. The molecule has 6 heteroatoms. The van der Waals surface area contributed by atoms with Gasteiger partial charge in [-0.05, 0) is 37.8 Å². The Labute approximate surface area is 122 Å². The van der Waals surface area contributed by atoms with Crippen LogP contribution in [-0.2, 0) is 6.18 Å². The third-order valence-corrected chi connectivity index (χ3v) is 4.40. The Bertz CT molecular complexity index is 468. The van der Waals surface area contributed by atoms with E-state index in [9.17, 15) is 13.2 Å². The number of hydrogen-bond donors (Lipinski definition) is 1. The Kier molecular flexibility index (Phi) is 4.06. The number of halogens is 3. The Balaban J connectivity index is 1.62. The minimum absolute atomic E-state index is 0.424. The summed E-state index contributed by atoms with van der Waals surface area (Å²) in [5.74, 6) is 0.642. The predicted molar refractivity (Wildman–Crippen MR) is 75.2 cm³/mol. The topological polar surface area (TPSA) is 28.2 Å². The van der Waals surface area contributed by atoms with Crippen LogP contribution < -0.4 is 10.2 Å². The highest BCUT2D eigenvalue weighted by molar-refractivity contribution is 5.40. The van der Waals surface area contributed by atoms with Crippen molar-refractivity contribution in [2.45, 2.75) is 50.4 Å². The molecular weight excluding hydrogens is 279 g/mol. The highest BCUT2D eigenvalue weighted by Gasteiger charge is 2.31. The average molecular weight is 299 g/mol. The lowest BCUT2D eigenvalue weighted by Crippen LogP contribution is -2.51. The third kappa shape index (κ3) is 3.48. The Hall–Kier alpha value is -1.30. The minimum Gasteiger partial charge on any atom is -0.355 e. The van der Waals surface area contributed by atoms with Crippen LogP contribution in [0.2, 0.25) is 0 Å². The molecule has 0 bridgehead atoms. The van der Waals surface area contributed by atoms with E-state index < -0.39 is 11.7 Å². The van der Waals surface area contributed by atoms with Gasteiger partial charge < -0.3 is 10.2 Å². The summed E-state index contributed by atoms with van der Waals surface area (Å²) in [6, 6.07) is 3.66. The van der Waals surface area contributed by atoms with E-state index in [0.29, 0.717) is 17.9 Å². The van der Waals surface area contributed by atoms with E-state index in [1.807, 2.05) is 0 Å². The van der Waals surface area contributed by atoms with Gasteiger partial charge in [-0.25, -0.2) is 4.98 Å². The van der Waals surface area contributed by atoms with Gasteiger partial charge in [-0.3, -0.25) is 0 Å². The fourth-order valence-corrected chi connectivity index (χ4v) is 2.97. The van der Waals surface area contributed by atoms with Crippen molar-refractivity contribution in [1.29, 1.82) is 0 Å². The smallest absolute Gasteiger partial charge is 0.355 e. The molecule has 21 heavy (non-hydrogen) atoms. The monoisotopic (exact) mass is 299 g/mol. The van der Waals surface area contributed by atoms with Gasteiger partial charge in [0.1, 0.15) is 5.82 Å². The molecule has 0 amide bonds. The van der Waals surface area contributed by atoms with Crippen molar-refractivity contribution in [1.82, 2.24) is 10.3 Å². The van der Waals surface area contributed by atoms with Crippen molar-refractivity contribution in [2.24, 2.45) is 0 Å². The Morgan fingerprint density at radius 3 is 2.43 bits per heavy atom. The molecule has 1 aromatic rings. The lowest BCUT2D eigenvalue weighted by molar-refractivity contribution is -0.137. The summed E-state index contributed by atoms with van der Waals surface area (Å²) in [7, 11) is 0. The second-order valence-electron chi connectivity index (χ2n) is 5.98. The first-order valence-corrected chi connectivity index (χ1v) is 7.56. The highest BCUT2D eigenvalue weighted by Crippen LogP contribution is 2.30. The molecule has 1 saturated carbocycles. The molecule has 1 N–H and O–H groups in total. The van der Waals surface area contributed by atoms with Crippen LogP contribution in [0.4, 0.5) is 19.0 Å². The number of anilines is 1. The van der Waals surface area contributed by atoms with Gasteiger partial charge in [0.2, 0.25) is 0 Å². The van der Waals surface area contributed by atoms with Crippen LogP contribution in [-0.4, -0.2) is 30.2 Å². The second kappa shape index (κ2) is 5.83. The molecule has 0 unspecified atom stereocenters. The maximum atomic E-state index is 12.5. The summed E-state index contributed by atoms with van der Waals surface area (Å²) < 4.78 is 37.6. The first kappa shape index (κ1) is 14.6. The zero-order valence-electron chi connectivity index (χ0n) is 11.9. The second-order valence-corrected chi connectivity index (χ2v) is 5.98. The predicted octanol–water partition coefficient (Wildman–Crippen LogP) is 3.21. The van der Waals surface area contributed by atoms with E-state index in [2.05, 4.69) is 15.2 Å². The molecule has 0 radical (unpaired) electrons. The lowest BCUT2D eigenvalue weighted by Gasteiger charge is -2.38. The molecule has 1 aromatic heterocycles. The zero-order chi connectivity index (χ0) is 14.9. The van der Waals surface area contributed by atoms with Crippen LogP contribution in [0.25, 0.3) is 0 Å². The number of rotatable bonds is 3. The van der Waals surface area contributed by atoms with E-state index in [-0.39, 0.29) is 0 Å². The first-order valence-electron chi connectivity index (χ1n) is 7.56. The van der Waals surface area contributed by atoms with Gasteiger partial charge in [0, 0.05) is 31.4 Å². The van der Waals surface area contributed by atoms with Gasteiger partial charge in [0.25, 0.3) is 0 Å². The maximum absolute atomic E-state index is 12.5. The molecule has 1 aliphatic carbocycles. The molecule has 116 valence electrons. The van der Waals surface area contributed by atoms with E-state index in [1.165, 1.54) is 25.3 Å². The lowest BCUT2D eigenvalue weighted by atomic mass is 9.91. The van der Waals surface area contributed by atoms with Gasteiger partial charge >= 0.3 is 6.18 Å². The first-order chi connectivity index (χ1) is 10.0. The molecule has 2 heterocycles. The fourth-order valence-electron chi connectivity index (χ4n) is 2.97. The molecule has 1 aliphatic heterocycles.